The number of carbonyl (C=O) groups is 2. The average molecular weight is 400 g/mol. The molecule has 0 saturated carbocycles. The van der Waals surface area contributed by atoms with Gasteiger partial charge in [-0.1, -0.05) is 17.7 Å². The van der Waals surface area contributed by atoms with E-state index in [0.29, 0.717) is 66.6 Å². The Morgan fingerprint density at radius 2 is 2.00 bits per heavy atom. The smallest absolute Gasteiger partial charge is 0.253 e. The quantitative estimate of drug-likeness (QED) is 0.768. The number of benzene rings is 2. The Hall–Kier alpha value is -2.53. The zero-order chi connectivity index (χ0) is 19.7. The van der Waals surface area contributed by atoms with Gasteiger partial charge in [0.15, 0.2) is 5.78 Å². The second-order valence-corrected chi connectivity index (χ2v) is 7.71. The van der Waals surface area contributed by atoms with Gasteiger partial charge in [0.05, 0.1) is 18.6 Å². The standard InChI is InChI=1S/C22H22ClNO4/c1-2-27-17-5-3-4-15(12-17)21(26)24-10-8-22(9-11-24)14-19(25)18-13-16(23)6-7-20(18)28-22/h3-7,12-13H,2,8-11,14H2,1H3. The molecule has 28 heavy (non-hydrogen) atoms. The van der Waals surface area contributed by atoms with Crippen LogP contribution in [0, 0.1) is 0 Å². The maximum absolute atomic E-state index is 12.9. The zero-order valence-corrected chi connectivity index (χ0v) is 16.5. The minimum atomic E-state index is -0.540. The van der Waals surface area contributed by atoms with E-state index in [0.717, 1.165) is 0 Å². The molecular weight excluding hydrogens is 378 g/mol. The molecule has 6 heteroatoms. The van der Waals surface area contributed by atoms with Gasteiger partial charge < -0.3 is 14.4 Å². The molecule has 2 aromatic carbocycles. The number of likely N-dealkylation sites (tertiary alicyclic amines) is 1. The van der Waals surface area contributed by atoms with Gasteiger partial charge in [0, 0.05) is 36.5 Å². The molecule has 0 aromatic heterocycles. The lowest BCUT2D eigenvalue weighted by molar-refractivity contribution is -0.00571. The summed E-state index contributed by atoms with van der Waals surface area (Å²) in [6.07, 6.45) is 1.57. The summed E-state index contributed by atoms with van der Waals surface area (Å²) < 4.78 is 11.7. The van der Waals surface area contributed by atoms with Crippen LogP contribution >= 0.6 is 11.6 Å². The van der Waals surface area contributed by atoms with Crippen molar-refractivity contribution in [2.45, 2.75) is 31.8 Å². The number of fused-ring (bicyclic) bond motifs is 1. The van der Waals surface area contributed by atoms with Crippen molar-refractivity contribution in [1.82, 2.24) is 4.90 Å². The largest absolute Gasteiger partial charge is 0.494 e. The van der Waals surface area contributed by atoms with Crippen LogP contribution in [0.2, 0.25) is 5.02 Å². The highest BCUT2D eigenvalue weighted by Gasteiger charge is 2.43. The van der Waals surface area contributed by atoms with Gasteiger partial charge >= 0.3 is 0 Å². The van der Waals surface area contributed by atoms with Crippen LogP contribution in [0.15, 0.2) is 42.5 Å². The van der Waals surface area contributed by atoms with E-state index in [1.807, 2.05) is 24.0 Å². The van der Waals surface area contributed by atoms with Crippen molar-refractivity contribution < 1.29 is 19.1 Å². The molecule has 5 nitrogen and oxygen atoms in total. The highest BCUT2D eigenvalue weighted by atomic mass is 35.5. The molecule has 2 aromatic rings. The van der Waals surface area contributed by atoms with Crippen LogP contribution in [-0.4, -0.2) is 41.9 Å². The average Bonchev–Trinajstić information content (AvgIpc) is 2.69. The minimum Gasteiger partial charge on any atom is -0.494 e. The lowest BCUT2D eigenvalue weighted by atomic mass is 9.82. The molecule has 0 atom stereocenters. The second-order valence-electron chi connectivity index (χ2n) is 7.28. The molecule has 0 radical (unpaired) electrons. The predicted octanol–water partition coefficient (Wildman–Crippen LogP) is 4.38. The van der Waals surface area contributed by atoms with E-state index < -0.39 is 5.60 Å². The Balaban J connectivity index is 1.46. The first-order valence-corrected chi connectivity index (χ1v) is 9.91. The molecular formula is C22H22ClNO4. The topological polar surface area (TPSA) is 55.8 Å². The van der Waals surface area contributed by atoms with E-state index in [4.69, 9.17) is 21.1 Å². The number of carbonyl (C=O) groups excluding carboxylic acids is 2. The van der Waals surface area contributed by atoms with E-state index in [1.54, 1.807) is 30.3 Å². The molecule has 0 N–H and O–H groups in total. The molecule has 0 unspecified atom stereocenters. The fraction of sp³-hybridized carbons (Fsp3) is 0.364. The third-order valence-corrected chi connectivity index (χ3v) is 5.64. The van der Waals surface area contributed by atoms with Crippen molar-refractivity contribution in [3.8, 4) is 11.5 Å². The van der Waals surface area contributed by atoms with Gasteiger partial charge in [-0.25, -0.2) is 0 Å². The van der Waals surface area contributed by atoms with Gasteiger partial charge in [-0.15, -0.1) is 0 Å². The van der Waals surface area contributed by atoms with E-state index in [-0.39, 0.29) is 11.7 Å². The summed E-state index contributed by atoms with van der Waals surface area (Å²) in [5.41, 5.74) is 0.619. The molecule has 146 valence electrons. The Bertz CT molecular complexity index is 919. The molecule has 2 aliphatic rings. The Labute approximate surface area is 169 Å². The van der Waals surface area contributed by atoms with Crippen molar-refractivity contribution in [2.24, 2.45) is 0 Å². The van der Waals surface area contributed by atoms with E-state index in [2.05, 4.69) is 0 Å². The molecule has 4 rings (SSSR count). The Morgan fingerprint density at radius 3 is 2.75 bits per heavy atom. The molecule has 1 amide bonds. The number of ether oxygens (including phenoxy) is 2. The normalized spacial score (nSPS) is 17.8. The maximum Gasteiger partial charge on any atom is 0.253 e. The summed E-state index contributed by atoms with van der Waals surface area (Å²) in [6.45, 7) is 3.57. The predicted molar refractivity (Wildman–Crippen MR) is 107 cm³/mol. The van der Waals surface area contributed by atoms with E-state index >= 15 is 0 Å². The van der Waals surface area contributed by atoms with Gasteiger partial charge in [0.2, 0.25) is 0 Å². The Morgan fingerprint density at radius 1 is 1.21 bits per heavy atom. The molecule has 2 heterocycles. The van der Waals surface area contributed by atoms with Gasteiger partial charge in [0.1, 0.15) is 17.1 Å². The summed E-state index contributed by atoms with van der Waals surface area (Å²) in [4.78, 5) is 27.3. The van der Waals surface area contributed by atoms with E-state index in [9.17, 15) is 9.59 Å². The number of hydrogen-bond acceptors (Lipinski definition) is 4. The third kappa shape index (κ3) is 3.59. The maximum atomic E-state index is 12.9. The van der Waals surface area contributed by atoms with Crippen molar-refractivity contribution in [1.29, 1.82) is 0 Å². The third-order valence-electron chi connectivity index (χ3n) is 5.41. The fourth-order valence-corrected chi connectivity index (χ4v) is 4.10. The lowest BCUT2D eigenvalue weighted by Gasteiger charge is -2.44. The van der Waals surface area contributed by atoms with Crippen molar-refractivity contribution in [2.75, 3.05) is 19.7 Å². The molecule has 1 fully saturated rings. The van der Waals surface area contributed by atoms with E-state index in [1.165, 1.54) is 0 Å². The molecule has 0 bridgehead atoms. The minimum absolute atomic E-state index is 0.0225. The number of amides is 1. The number of hydrogen-bond donors (Lipinski definition) is 0. The summed E-state index contributed by atoms with van der Waals surface area (Å²) in [6, 6.07) is 12.4. The number of nitrogens with zero attached hydrogens (tertiary/aromatic N) is 1. The highest BCUT2D eigenvalue weighted by molar-refractivity contribution is 6.31. The van der Waals surface area contributed by atoms with Crippen LogP contribution in [0.25, 0.3) is 0 Å². The summed E-state index contributed by atoms with van der Waals surface area (Å²) in [5.74, 6) is 1.31. The van der Waals surface area contributed by atoms with Gasteiger partial charge in [0.25, 0.3) is 5.91 Å². The summed E-state index contributed by atoms with van der Waals surface area (Å²) >= 11 is 6.00. The van der Waals surface area contributed by atoms with Crippen LogP contribution in [0.1, 0.15) is 46.9 Å². The summed E-state index contributed by atoms with van der Waals surface area (Å²) in [5, 5.41) is 0.529. The van der Waals surface area contributed by atoms with Crippen LogP contribution in [-0.2, 0) is 0 Å². The first-order valence-electron chi connectivity index (χ1n) is 9.54. The highest BCUT2D eigenvalue weighted by Crippen LogP contribution is 2.40. The number of ketones is 1. The number of Topliss-reactive ketones (excluding diaryl/α,β-unsaturated/α-hetero) is 1. The molecule has 0 aliphatic carbocycles. The monoisotopic (exact) mass is 399 g/mol. The van der Waals surface area contributed by atoms with Crippen LogP contribution in [0.4, 0.5) is 0 Å². The van der Waals surface area contributed by atoms with Gasteiger partial charge in [-0.3, -0.25) is 9.59 Å². The molecule has 2 aliphatic heterocycles. The molecule has 1 spiro atoms. The summed E-state index contributed by atoms with van der Waals surface area (Å²) in [7, 11) is 0. The van der Waals surface area contributed by atoms with Crippen LogP contribution in [0.3, 0.4) is 0 Å². The lowest BCUT2D eigenvalue weighted by Crippen LogP contribution is -2.52. The van der Waals surface area contributed by atoms with Crippen molar-refractivity contribution >= 4 is 23.3 Å². The zero-order valence-electron chi connectivity index (χ0n) is 15.7. The van der Waals surface area contributed by atoms with Gasteiger partial charge in [-0.2, -0.15) is 0 Å². The Kier molecular flexibility index (Phi) is 5.02. The van der Waals surface area contributed by atoms with Gasteiger partial charge in [-0.05, 0) is 43.3 Å². The second kappa shape index (κ2) is 7.47. The fourth-order valence-electron chi connectivity index (χ4n) is 3.93. The first-order chi connectivity index (χ1) is 13.5. The van der Waals surface area contributed by atoms with Crippen LogP contribution in [0.5, 0.6) is 11.5 Å². The molecule has 1 saturated heterocycles. The first kappa shape index (κ1) is 18.8. The SMILES string of the molecule is CCOc1cccc(C(=O)N2CCC3(CC2)CC(=O)c2cc(Cl)ccc2O3)c1. The number of halogens is 1. The number of rotatable bonds is 3. The van der Waals surface area contributed by atoms with Crippen molar-refractivity contribution in [3.63, 3.8) is 0 Å². The number of piperidine rings is 1. The van der Waals surface area contributed by atoms with Crippen LogP contribution < -0.4 is 9.47 Å². The van der Waals surface area contributed by atoms with Crippen molar-refractivity contribution in [3.05, 3.63) is 58.6 Å².